The fraction of sp³-hybridized carbons (Fsp3) is 0.111. The lowest BCUT2D eigenvalue weighted by molar-refractivity contribution is 0.102. The van der Waals surface area contributed by atoms with Crippen LogP contribution in [0.15, 0.2) is 12.1 Å². The lowest BCUT2D eigenvalue weighted by Gasteiger charge is -2.15. The Kier molecular flexibility index (Phi) is 2.92. The number of nitriles is 1. The molecule has 2 nitrogen and oxygen atoms in total. The van der Waals surface area contributed by atoms with Gasteiger partial charge in [-0.3, -0.25) is 4.79 Å². The monoisotopic (exact) mass is 213 g/mol. The van der Waals surface area contributed by atoms with Crippen LogP contribution in [-0.4, -0.2) is 5.78 Å². The topological polar surface area (TPSA) is 40.9 Å². The largest absolute Gasteiger partial charge is 0.289 e. The van der Waals surface area contributed by atoms with Gasteiger partial charge in [-0.2, -0.15) is 5.26 Å². The number of hydrogen-bond donors (Lipinski definition) is 0. The predicted octanol–water partition coefficient (Wildman–Crippen LogP) is 3.07. The Hall–Kier alpha value is -1.04. The molecule has 0 saturated heterocycles. The number of benzene rings is 1. The maximum Gasteiger partial charge on any atom is 0.194 e. The van der Waals surface area contributed by atoms with E-state index in [2.05, 4.69) is 0 Å². The summed E-state index contributed by atoms with van der Waals surface area (Å²) < 4.78 is 0. The first-order valence-electron chi connectivity index (χ1n) is 3.46. The SMILES string of the molecule is CC#N.O=C1c2cc(Cl)c(Cl)c1c2. The van der Waals surface area contributed by atoms with Crippen molar-refractivity contribution in [1.82, 2.24) is 0 Å². The number of rotatable bonds is 0. The van der Waals surface area contributed by atoms with Gasteiger partial charge in [0.1, 0.15) is 0 Å². The molecule has 0 radical (unpaired) electrons. The molecule has 66 valence electrons. The Labute approximate surface area is 85.7 Å². The van der Waals surface area contributed by atoms with Gasteiger partial charge >= 0.3 is 0 Å². The zero-order valence-corrected chi connectivity index (χ0v) is 8.28. The lowest BCUT2D eigenvalue weighted by Crippen LogP contribution is -2.13. The van der Waals surface area contributed by atoms with E-state index >= 15 is 0 Å². The second kappa shape index (κ2) is 3.78. The fourth-order valence-corrected chi connectivity index (χ4v) is 1.38. The molecule has 4 heteroatoms. The Morgan fingerprint density at radius 2 is 1.92 bits per heavy atom. The predicted molar refractivity (Wildman–Crippen MR) is 51.2 cm³/mol. The quantitative estimate of drug-likeness (QED) is 0.676. The number of fused-ring (bicyclic) bond motifs is 2. The van der Waals surface area contributed by atoms with Gasteiger partial charge in [-0.1, -0.05) is 23.2 Å². The number of carbonyl (C=O) groups is 1. The van der Waals surface area contributed by atoms with E-state index in [-0.39, 0.29) is 5.78 Å². The lowest BCUT2D eigenvalue weighted by atomic mass is 9.92. The summed E-state index contributed by atoms with van der Waals surface area (Å²) in [6.45, 7) is 1.43. The molecule has 2 aliphatic carbocycles. The summed E-state index contributed by atoms with van der Waals surface area (Å²) in [4.78, 5) is 10.9. The minimum absolute atomic E-state index is 0.00870. The molecule has 3 rings (SSSR count). The van der Waals surface area contributed by atoms with Crippen LogP contribution in [0.25, 0.3) is 0 Å². The number of hydrogen-bond acceptors (Lipinski definition) is 2. The van der Waals surface area contributed by atoms with Crippen LogP contribution in [0.4, 0.5) is 0 Å². The van der Waals surface area contributed by atoms with Crippen LogP contribution in [0.2, 0.25) is 10.0 Å². The molecular weight excluding hydrogens is 209 g/mol. The molecule has 13 heavy (non-hydrogen) atoms. The van der Waals surface area contributed by atoms with Crippen molar-refractivity contribution in [2.45, 2.75) is 6.92 Å². The molecule has 0 fully saturated rings. The van der Waals surface area contributed by atoms with Crippen LogP contribution in [-0.2, 0) is 0 Å². The highest BCUT2D eigenvalue weighted by atomic mass is 35.5. The number of nitrogens with zero attached hydrogens (tertiary/aromatic N) is 1. The van der Waals surface area contributed by atoms with Crippen LogP contribution in [0.3, 0.4) is 0 Å². The Morgan fingerprint density at radius 1 is 1.38 bits per heavy atom. The molecule has 0 spiro atoms. The molecule has 0 saturated carbocycles. The van der Waals surface area contributed by atoms with Crippen molar-refractivity contribution in [3.8, 4) is 6.07 Å². The second-order valence-electron chi connectivity index (χ2n) is 2.37. The van der Waals surface area contributed by atoms with Crippen LogP contribution in [0, 0.1) is 11.3 Å². The van der Waals surface area contributed by atoms with E-state index in [0.29, 0.717) is 21.2 Å². The first-order chi connectivity index (χ1) is 6.11. The van der Waals surface area contributed by atoms with Crippen molar-refractivity contribution in [2.24, 2.45) is 0 Å². The zero-order valence-electron chi connectivity index (χ0n) is 6.77. The summed E-state index contributed by atoms with van der Waals surface area (Å²) in [5.41, 5.74) is 1.20. The number of ketones is 1. The molecule has 1 aromatic carbocycles. The normalized spacial score (nSPS) is 10.8. The average molecular weight is 214 g/mol. The number of halogens is 2. The second-order valence-corrected chi connectivity index (χ2v) is 3.16. The minimum Gasteiger partial charge on any atom is -0.289 e. The molecule has 2 aliphatic rings. The van der Waals surface area contributed by atoms with E-state index in [0.717, 1.165) is 0 Å². The van der Waals surface area contributed by atoms with Gasteiger partial charge in [0, 0.05) is 18.1 Å². The van der Waals surface area contributed by atoms with Gasteiger partial charge in [0.05, 0.1) is 16.1 Å². The molecule has 0 heterocycles. The highest BCUT2D eigenvalue weighted by molar-refractivity contribution is 6.46. The third kappa shape index (κ3) is 1.67. The molecule has 1 aromatic rings. The highest BCUT2D eigenvalue weighted by Crippen LogP contribution is 2.35. The van der Waals surface area contributed by atoms with E-state index in [1.807, 2.05) is 0 Å². The van der Waals surface area contributed by atoms with Gasteiger partial charge in [-0.25, -0.2) is 0 Å². The molecule has 0 amide bonds. The third-order valence-electron chi connectivity index (χ3n) is 1.54. The summed E-state index contributed by atoms with van der Waals surface area (Å²) in [6.07, 6.45) is 0. The van der Waals surface area contributed by atoms with Gasteiger partial charge < -0.3 is 0 Å². The van der Waals surface area contributed by atoms with Crippen LogP contribution in [0.1, 0.15) is 22.8 Å². The molecule has 0 atom stereocenters. The van der Waals surface area contributed by atoms with Gasteiger partial charge in [0.25, 0.3) is 0 Å². The first kappa shape index (κ1) is 10.0. The first-order valence-corrected chi connectivity index (χ1v) is 4.22. The minimum atomic E-state index is 0.00870. The van der Waals surface area contributed by atoms with Crippen molar-refractivity contribution in [2.75, 3.05) is 0 Å². The third-order valence-corrected chi connectivity index (χ3v) is 2.34. The average Bonchev–Trinajstić information content (AvgIpc) is 2.09. The maximum absolute atomic E-state index is 10.9. The summed E-state index contributed by atoms with van der Waals surface area (Å²) in [7, 11) is 0. The molecule has 0 aromatic heterocycles. The van der Waals surface area contributed by atoms with Crippen LogP contribution < -0.4 is 0 Å². The molecule has 0 unspecified atom stereocenters. The van der Waals surface area contributed by atoms with Crippen molar-refractivity contribution in [3.05, 3.63) is 33.3 Å². The van der Waals surface area contributed by atoms with Crippen molar-refractivity contribution >= 4 is 29.0 Å². The van der Waals surface area contributed by atoms with E-state index in [9.17, 15) is 4.79 Å². The van der Waals surface area contributed by atoms with Crippen molar-refractivity contribution < 1.29 is 4.79 Å². The van der Waals surface area contributed by atoms with Gasteiger partial charge in [0.15, 0.2) is 5.78 Å². The zero-order chi connectivity index (χ0) is 10.0. The Morgan fingerprint density at radius 3 is 2.23 bits per heavy atom. The summed E-state index contributed by atoms with van der Waals surface area (Å²) in [5, 5.41) is 8.16. The van der Waals surface area contributed by atoms with Gasteiger partial charge in [-0.15, -0.1) is 0 Å². The van der Waals surface area contributed by atoms with Crippen molar-refractivity contribution in [3.63, 3.8) is 0 Å². The Balaban J connectivity index is 0.000000251. The van der Waals surface area contributed by atoms with Gasteiger partial charge in [-0.05, 0) is 12.1 Å². The Bertz CT molecular complexity index is 407. The van der Waals surface area contributed by atoms with Gasteiger partial charge in [0.2, 0.25) is 0 Å². The maximum atomic E-state index is 10.9. The fourth-order valence-electron chi connectivity index (χ4n) is 0.963. The number of carbonyl (C=O) groups excluding carboxylic acids is 1. The van der Waals surface area contributed by atoms with E-state index < -0.39 is 0 Å². The summed E-state index contributed by atoms with van der Waals surface area (Å²) in [6, 6.07) is 5.07. The van der Waals surface area contributed by atoms with Crippen molar-refractivity contribution in [1.29, 1.82) is 5.26 Å². The summed E-state index contributed by atoms with van der Waals surface area (Å²) >= 11 is 11.3. The molecule has 0 N–H and O–H groups in total. The molecule has 0 aliphatic heterocycles. The molecular formula is C9H5Cl2NO. The molecule has 2 bridgehead atoms. The van der Waals surface area contributed by atoms with Crippen LogP contribution in [0.5, 0.6) is 0 Å². The van der Waals surface area contributed by atoms with E-state index in [4.69, 9.17) is 28.5 Å². The van der Waals surface area contributed by atoms with Crippen LogP contribution >= 0.6 is 23.2 Å². The smallest absolute Gasteiger partial charge is 0.194 e. The standard InChI is InChI=1S/C7H2Cl2O.C2H3N/c8-5-2-3-1-4(6(5)9)7(3)10;1-2-3/h1-2H;1H3. The highest BCUT2D eigenvalue weighted by Gasteiger charge is 2.25. The van der Waals surface area contributed by atoms with E-state index in [1.54, 1.807) is 18.2 Å². The summed E-state index contributed by atoms with van der Waals surface area (Å²) in [5.74, 6) is 0.00870. The van der Waals surface area contributed by atoms with E-state index in [1.165, 1.54) is 6.92 Å².